The summed E-state index contributed by atoms with van der Waals surface area (Å²) in [6.45, 7) is 5.89. The van der Waals surface area contributed by atoms with Gasteiger partial charge in [-0.25, -0.2) is 4.98 Å². The van der Waals surface area contributed by atoms with Crippen LogP contribution >= 0.6 is 0 Å². The second-order valence-corrected chi connectivity index (χ2v) is 5.00. The topological polar surface area (TPSA) is 54.2 Å². The van der Waals surface area contributed by atoms with Crippen molar-refractivity contribution >= 4 is 22.9 Å². The summed E-state index contributed by atoms with van der Waals surface area (Å²) in [5.74, 6) is 0.0193. The van der Waals surface area contributed by atoms with E-state index >= 15 is 0 Å². The molecule has 0 aliphatic carbocycles. The maximum atomic E-state index is 12.7. The Morgan fingerprint density at radius 1 is 1.13 bits per heavy atom. The summed E-state index contributed by atoms with van der Waals surface area (Å²) >= 11 is 0. The largest absolute Gasteiger partial charge is 0.417 e. The van der Waals surface area contributed by atoms with Crippen molar-refractivity contribution in [1.82, 2.24) is 4.98 Å². The molecular weight excluding hydrogens is 305 g/mol. The van der Waals surface area contributed by atoms with Crippen LogP contribution in [0.1, 0.15) is 19.4 Å². The number of anilines is 4. The second-order valence-electron chi connectivity index (χ2n) is 5.00. The molecule has 0 unspecified atom stereocenters. The number of alkyl halides is 3. The van der Waals surface area contributed by atoms with Gasteiger partial charge in [-0.05, 0) is 44.2 Å². The molecule has 2 rings (SSSR count). The van der Waals surface area contributed by atoms with Gasteiger partial charge in [-0.2, -0.15) is 13.2 Å². The van der Waals surface area contributed by atoms with E-state index in [-0.39, 0.29) is 11.5 Å². The predicted molar refractivity (Wildman–Crippen MR) is 86.9 cm³/mol. The lowest BCUT2D eigenvalue weighted by Gasteiger charge is -2.21. The molecule has 0 spiro atoms. The number of pyridine rings is 1. The Kier molecular flexibility index (Phi) is 4.98. The first-order valence-electron chi connectivity index (χ1n) is 7.30. The van der Waals surface area contributed by atoms with E-state index in [2.05, 4.69) is 29.0 Å². The summed E-state index contributed by atoms with van der Waals surface area (Å²) in [5.41, 5.74) is 6.65. The third-order valence-corrected chi connectivity index (χ3v) is 3.52. The molecule has 0 bridgehead atoms. The van der Waals surface area contributed by atoms with Crippen LogP contribution in [-0.2, 0) is 6.18 Å². The highest BCUT2D eigenvalue weighted by Gasteiger charge is 2.31. The Bertz CT molecular complexity index is 649. The molecule has 7 heteroatoms. The minimum atomic E-state index is -4.45. The van der Waals surface area contributed by atoms with Gasteiger partial charge in [0.1, 0.15) is 5.82 Å². The monoisotopic (exact) mass is 324 g/mol. The molecule has 3 N–H and O–H groups in total. The molecule has 0 fully saturated rings. The molecule has 0 saturated carbocycles. The van der Waals surface area contributed by atoms with Gasteiger partial charge in [-0.15, -0.1) is 0 Å². The van der Waals surface area contributed by atoms with Gasteiger partial charge in [0.25, 0.3) is 0 Å². The molecule has 0 aliphatic heterocycles. The molecule has 1 heterocycles. The Labute approximate surface area is 133 Å². The summed E-state index contributed by atoms with van der Waals surface area (Å²) in [4.78, 5) is 5.77. The zero-order valence-corrected chi connectivity index (χ0v) is 13.0. The average molecular weight is 324 g/mol. The molecule has 1 aromatic carbocycles. The summed E-state index contributed by atoms with van der Waals surface area (Å²) in [7, 11) is 0. The third kappa shape index (κ3) is 4.06. The van der Waals surface area contributed by atoms with Crippen molar-refractivity contribution in [1.29, 1.82) is 0 Å². The van der Waals surface area contributed by atoms with Gasteiger partial charge in [-0.3, -0.25) is 0 Å². The lowest BCUT2D eigenvalue weighted by molar-refractivity contribution is -0.137. The molecule has 0 radical (unpaired) electrons. The zero-order chi connectivity index (χ0) is 17.0. The van der Waals surface area contributed by atoms with Gasteiger partial charge < -0.3 is 16.0 Å². The van der Waals surface area contributed by atoms with Crippen LogP contribution in [0.2, 0.25) is 0 Å². The number of nitrogen functional groups attached to an aromatic ring is 1. The summed E-state index contributed by atoms with van der Waals surface area (Å²) < 4.78 is 38.2. The van der Waals surface area contributed by atoms with E-state index in [1.807, 2.05) is 12.1 Å². The number of nitrogens with one attached hydrogen (secondary N) is 1. The van der Waals surface area contributed by atoms with Gasteiger partial charge in [0.15, 0.2) is 0 Å². The van der Waals surface area contributed by atoms with E-state index in [1.165, 1.54) is 0 Å². The van der Waals surface area contributed by atoms with Crippen molar-refractivity contribution in [2.75, 3.05) is 29.0 Å². The standard InChI is InChI=1S/C16H19F3N4/c1-3-23(4-2)13-7-5-12(6-8-13)22-14-9-11(16(17,18)19)10-21-15(14)20/h5-10,22H,3-4H2,1-2H3,(H2,20,21). The number of aromatic nitrogens is 1. The molecule has 2 aromatic rings. The van der Waals surface area contributed by atoms with Crippen LogP contribution in [0.4, 0.5) is 36.1 Å². The Balaban J connectivity index is 2.22. The van der Waals surface area contributed by atoms with Crippen LogP contribution in [0.5, 0.6) is 0 Å². The molecule has 0 atom stereocenters. The van der Waals surface area contributed by atoms with Gasteiger partial charge in [0.2, 0.25) is 0 Å². The second kappa shape index (κ2) is 6.76. The number of halogens is 3. The summed E-state index contributed by atoms with van der Waals surface area (Å²) in [6.07, 6.45) is -3.73. The lowest BCUT2D eigenvalue weighted by atomic mass is 10.2. The maximum absolute atomic E-state index is 12.7. The molecule has 23 heavy (non-hydrogen) atoms. The first-order chi connectivity index (χ1) is 10.8. The first-order valence-corrected chi connectivity index (χ1v) is 7.30. The van der Waals surface area contributed by atoms with Gasteiger partial charge in [0, 0.05) is 30.7 Å². The van der Waals surface area contributed by atoms with E-state index in [9.17, 15) is 13.2 Å². The van der Waals surface area contributed by atoms with Crippen LogP contribution in [0.3, 0.4) is 0 Å². The number of nitrogens with zero attached hydrogens (tertiary/aromatic N) is 2. The van der Waals surface area contributed by atoms with Crippen LogP contribution in [-0.4, -0.2) is 18.1 Å². The third-order valence-electron chi connectivity index (χ3n) is 3.52. The highest BCUT2D eigenvalue weighted by Crippen LogP contribution is 2.33. The highest BCUT2D eigenvalue weighted by atomic mass is 19.4. The highest BCUT2D eigenvalue weighted by molar-refractivity contribution is 5.71. The van der Waals surface area contributed by atoms with E-state index in [0.29, 0.717) is 5.69 Å². The van der Waals surface area contributed by atoms with Crippen LogP contribution in [0, 0.1) is 0 Å². The van der Waals surface area contributed by atoms with E-state index in [0.717, 1.165) is 31.0 Å². The fraction of sp³-hybridized carbons (Fsp3) is 0.312. The first kappa shape index (κ1) is 16.9. The minimum Gasteiger partial charge on any atom is -0.382 e. The van der Waals surface area contributed by atoms with Crippen molar-refractivity contribution in [3.63, 3.8) is 0 Å². The van der Waals surface area contributed by atoms with Crippen molar-refractivity contribution in [3.8, 4) is 0 Å². The van der Waals surface area contributed by atoms with Crippen molar-refractivity contribution in [3.05, 3.63) is 42.1 Å². The Hall–Kier alpha value is -2.44. The molecule has 0 amide bonds. The molecule has 124 valence electrons. The molecule has 0 aliphatic rings. The van der Waals surface area contributed by atoms with E-state index in [4.69, 9.17) is 5.73 Å². The Morgan fingerprint density at radius 2 is 1.74 bits per heavy atom. The molecule has 4 nitrogen and oxygen atoms in total. The number of nitrogens with two attached hydrogens (primary N) is 1. The van der Waals surface area contributed by atoms with E-state index < -0.39 is 11.7 Å². The van der Waals surface area contributed by atoms with Crippen LogP contribution in [0.25, 0.3) is 0 Å². The van der Waals surface area contributed by atoms with Crippen molar-refractivity contribution in [2.45, 2.75) is 20.0 Å². The lowest BCUT2D eigenvalue weighted by Crippen LogP contribution is -2.21. The number of benzene rings is 1. The fourth-order valence-electron chi connectivity index (χ4n) is 2.23. The summed E-state index contributed by atoms with van der Waals surface area (Å²) in [6, 6.07) is 8.38. The van der Waals surface area contributed by atoms with Gasteiger partial charge >= 0.3 is 6.18 Å². The zero-order valence-electron chi connectivity index (χ0n) is 13.0. The van der Waals surface area contributed by atoms with Gasteiger partial charge in [0.05, 0.1) is 11.3 Å². The normalized spacial score (nSPS) is 11.3. The van der Waals surface area contributed by atoms with Crippen molar-refractivity contribution < 1.29 is 13.2 Å². The fourth-order valence-corrected chi connectivity index (χ4v) is 2.23. The smallest absolute Gasteiger partial charge is 0.382 e. The minimum absolute atomic E-state index is 0.0193. The molecular formula is C16H19F3N4. The van der Waals surface area contributed by atoms with Crippen LogP contribution in [0.15, 0.2) is 36.5 Å². The number of hydrogen-bond acceptors (Lipinski definition) is 4. The number of rotatable bonds is 5. The van der Waals surface area contributed by atoms with E-state index in [1.54, 1.807) is 12.1 Å². The van der Waals surface area contributed by atoms with Crippen LogP contribution < -0.4 is 16.0 Å². The molecule has 0 saturated heterocycles. The Morgan fingerprint density at radius 3 is 2.26 bits per heavy atom. The number of hydrogen-bond donors (Lipinski definition) is 2. The average Bonchev–Trinajstić information content (AvgIpc) is 2.51. The molecule has 1 aromatic heterocycles. The predicted octanol–water partition coefficient (Wildman–Crippen LogP) is 4.27. The quantitative estimate of drug-likeness (QED) is 0.862. The van der Waals surface area contributed by atoms with Crippen molar-refractivity contribution in [2.24, 2.45) is 0 Å². The maximum Gasteiger partial charge on any atom is 0.417 e. The SMILES string of the molecule is CCN(CC)c1ccc(Nc2cc(C(F)(F)F)cnc2N)cc1. The van der Waals surface area contributed by atoms with Gasteiger partial charge in [-0.1, -0.05) is 0 Å². The summed E-state index contributed by atoms with van der Waals surface area (Å²) in [5, 5.41) is 2.88.